The van der Waals surface area contributed by atoms with E-state index in [1.165, 1.54) is 35.6 Å². The smallest absolute Gasteiger partial charge is 0.0809 e. The van der Waals surface area contributed by atoms with Gasteiger partial charge in [0, 0.05) is 0 Å². The van der Waals surface area contributed by atoms with E-state index in [1.807, 2.05) is 0 Å². The maximum atomic E-state index is 3.30. The number of benzene rings is 1. The first-order valence-corrected chi connectivity index (χ1v) is 9.86. The van der Waals surface area contributed by atoms with Gasteiger partial charge in [0.1, 0.15) is 0 Å². The molecule has 0 unspecified atom stereocenters. The Bertz CT molecular complexity index is 531. The van der Waals surface area contributed by atoms with E-state index in [0.29, 0.717) is 0 Å². The molecule has 0 spiro atoms. The third-order valence-corrected chi connectivity index (χ3v) is 3.11. The van der Waals surface area contributed by atoms with E-state index in [9.17, 15) is 0 Å². The maximum absolute atomic E-state index is 3.30. The summed E-state index contributed by atoms with van der Waals surface area (Å²) in [6, 6.07) is 14.7. The fraction of sp³-hybridized carbons (Fsp3) is 0.250. The molecule has 0 saturated carbocycles. The van der Waals surface area contributed by atoms with Crippen molar-refractivity contribution in [3.05, 3.63) is 81.1 Å². The van der Waals surface area contributed by atoms with Crippen molar-refractivity contribution in [3.8, 4) is 0 Å². The molecule has 0 N–H and O–H groups in total. The molecule has 134 valence electrons. The summed E-state index contributed by atoms with van der Waals surface area (Å²) in [7, 11) is 2.97. The summed E-state index contributed by atoms with van der Waals surface area (Å²) < 4.78 is 0. The molecule has 0 amide bonds. The Labute approximate surface area is 175 Å². The van der Waals surface area contributed by atoms with Crippen LogP contribution in [0.5, 0.6) is 0 Å². The summed E-state index contributed by atoms with van der Waals surface area (Å²) in [5.74, 6) is 0. The van der Waals surface area contributed by atoms with Gasteiger partial charge in [-0.1, -0.05) is 32.3 Å². The molecule has 0 nitrogen and oxygen atoms in total. The number of fused-ring (bicyclic) bond motifs is 1. The van der Waals surface area contributed by atoms with Crippen molar-refractivity contribution in [2.75, 3.05) is 0 Å². The van der Waals surface area contributed by atoms with Crippen molar-refractivity contribution < 1.29 is 19.2 Å². The van der Waals surface area contributed by atoms with Gasteiger partial charge in [0.25, 0.3) is 0 Å². The Kier molecular flexibility index (Phi) is 27.5. The first-order valence-electron chi connectivity index (χ1n) is 7.02. The number of hydrogen-bond donors (Lipinski definition) is 0. The van der Waals surface area contributed by atoms with Gasteiger partial charge in [0.15, 0.2) is 0 Å². The monoisotopic (exact) mass is 414 g/mol. The fourth-order valence-corrected chi connectivity index (χ4v) is 2.06. The van der Waals surface area contributed by atoms with Crippen molar-refractivity contribution in [2.45, 2.75) is 32.6 Å². The minimum absolute atomic E-state index is 0. The average Bonchev–Trinajstić information content (AvgIpc) is 3.19. The van der Waals surface area contributed by atoms with Crippen LogP contribution in [0.15, 0.2) is 60.2 Å². The van der Waals surface area contributed by atoms with Crippen LogP contribution in [0.2, 0.25) is 0 Å². The molecular formula is C20H28Cl2SiTi-4. The van der Waals surface area contributed by atoms with Gasteiger partial charge in [0.05, 0.1) is 0 Å². The van der Waals surface area contributed by atoms with Gasteiger partial charge in [-0.15, -0.1) is 60.9 Å². The molecule has 0 saturated heterocycles. The van der Waals surface area contributed by atoms with Crippen LogP contribution in [0.3, 0.4) is 0 Å². The minimum Gasteiger partial charge on any atom is -0.168 e. The summed E-state index contributed by atoms with van der Waals surface area (Å²) in [4.78, 5) is 0. The Hall–Kier alpha value is -0.179. The molecule has 0 aromatic heterocycles. The molecule has 2 aromatic rings. The number of halogens is 2. The minimum atomic E-state index is 0. The number of allylic oxidation sites excluding steroid dienone is 4. The van der Waals surface area contributed by atoms with Gasteiger partial charge < -0.3 is 14.9 Å². The maximum Gasteiger partial charge on any atom is -0.0809 e. The second-order valence-electron chi connectivity index (χ2n) is 4.57. The van der Waals surface area contributed by atoms with E-state index < -0.39 is 0 Å². The predicted octanol–water partition coefficient (Wildman–Crippen LogP) is 6.79. The third-order valence-electron chi connectivity index (χ3n) is 3.11. The number of rotatable bonds is 3. The zero-order chi connectivity index (χ0) is 14.6. The molecule has 0 aliphatic heterocycles. The summed E-state index contributed by atoms with van der Waals surface area (Å²) in [6.07, 6.45) is 12.5. The summed E-state index contributed by atoms with van der Waals surface area (Å²) >= 11 is 1.81. The van der Waals surface area contributed by atoms with E-state index in [4.69, 9.17) is 0 Å². The Morgan fingerprint density at radius 3 is 2.33 bits per heavy atom. The molecule has 1 aliphatic carbocycles. The zero-order valence-electron chi connectivity index (χ0n) is 14.8. The van der Waals surface area contributed by atoms with Crippen molar-refractivity contribution in [2.24, 2.45) is 0 Å². The zero-order valence-corrected chi connectivity index (χ0v) is 19.0. The van der Waals surface area contributed by atoms with E-state index in [0.717, 1.165) is 6.42 Å². The summed E-state index contributed by atoms with van der Waals surface area (Å²) in [5, 5.41) is 2.66. The molecule has 0 fully saturated rings. The molecule has 0 bridgehead atoms. The van der Waals surface area contributed by atoms with Gasteiger partial charge in [0.2, 0.25) is 0 Å². The fourth-order valence-electron chi connectivity index (χ4n) is 2.06. The molecule has 4 heteroatoms. The molecule has 3 rings (SSSR count). The van der Waals surface area contributed by atoms with Gasteiger partial charge in [-0.3, -0.25) is 6.08 Å². The molecule has 0 atom stereocenters. The largest absolute Gasteiger partial charge is 0.168 e. The summed E-state index contributed by atoms with van der Waals surface area (Å²) in [6.45, 7) is 2.22. The van der Waals surface area contributed by atoms with Crippen molar-refractivity contribution >= 4 is 43.2 Å². The van der Waals surface area contributed by atoms with Crippen LogP contribution in [0, 0.1) is 20.9 Å². The van der Waals surface area contributed by atoms with Crippen LogP contribution in [0.25, 0.3) is 10.8 Å². The Morgan fingerprint density at radius 2 is 1.79 bits per heavy atom. The summed E-state index contributed by atoms with van der Waals surface area (Å²) in [5.41, 5.74) is 1.41. The van der Waals surface area contributed by atoms with E-state index in [-0.39, 0.29) is 39.7 Å². The Balaban J connectivity index is -0.000000131. The number of hydrogen-bond acceptors (Lipinski definition) is 0. The van der Waals surface area contributed by atoms with Crippen molar-refractivity contribution in [1.82, 2.24) is 0 Å². The molecule has 24 heavy (non-hydrogen) atoms. The first kappa shape index (κ1) is 31.6. The van der Waals surface area contributed by atoms with E-state index >= 15 is 0 Å². The van der Waals surface area contributed by atoms with Crippen LogP contribution in [0.4, 0.5) is 0 Å². The Morgan fingerprint density at radius 1 is 1.12 bits per heavy atom. The second kappa shape index (κ2) is 20.9. The predicted molar refractivity (Wildman–Crippen MR) is 113 cm³/mol. The molecule has 2 aromatic carbocycles. The van der Waals surface area contributed by atoms with E-state index in [2.05, 4.69) is 75.2 Å². The third kappa shape index (κ3) is 12.2. The molecular weight excluding hydrogens is 387 g/mol. The van der Waals surface area contributed by atoms with Gasteiger partial charge >= 0.3 is 26.8 Å². The van der Waals surface area contributed by atoms with Crippen LogP contribution < -0.4 is 0 Å². The van der Waals surface area contributed by atoms with Crippen LogP contribution >= 0.6 is 24.8 Å². The van der Waals surface area contributed by atoms with Gasteiger partial charge in [-0.05, 0) is 0 Å². The normalized spacial score (nSPS) is 10.1. The van der Waals surface area contributed by atoms with Crippen LogP contribution in [-0.4, -0.2) is 7.63 Å². The average molecular weight is 415 g/mol. The van der Waals surface area contributed by atoms with Gasteiger partial charge in [-0.2, -0.15) is 23.6 Å². The second-order valence-corrected chi connectivity index (χ2v) is 4.57. The standard InChI is InChI=1S/C9H7.C9H13.2CH3.2ClH.Si.Ti/c1-2-5-9-7-3-6-8(9)4-1;1-2-3-6-9-7-4-5-8-9;;;;;;/h1-7H;4,7H,2-3,5-6H2,1H3;2*1H3;2*1H;;/q4*-1;;;;. The van der Waals surface area contributed by atoms with Crippen molar-refractivity contribution in [3.63, 3.8) is 0 Å². The van der Waals surface area contributed by atoms with Gasteiger partial charge in [-0.25, -0.2) is 11.6 Å². The van der Waals surface area contributed by atoms with Crippen LogP contribution in [0.1, 0.15) is 32.6 Å². The first-order chi connectivity index (χ1) is 9.90. The van der Waals surface area contributed by atoms with E-state index in [1.54, 1.807) is 19.2 Å². The number of unbranched alkanes of at least 4 members (excludes halogenated alkanes) is 1. The molecule has 2 radical (unpaired) electrons. The molecule has 1 aliphatic rings. The SMILES string of the molecule is CCCCC1=[C-]CC=C1.Cl.Cl.[CH3-].[CH3-].[Si]=[Ti].c1ccc2[cH-]ccc2c1. The van der Waals surface area contributed by atoms with Crippen molar-refractivity contribution in [1.29, 1.82) is 0 Å². The van der Waals surface area contributed by atoms with Crippen LogP contribution in [-0.2, 0) is 19.2 Å². The molecule has 0 heterocycles. The topological polar surface area (TPSA) is 0 Å². The quantitative estimate of drug-likeness (QED) is 0.383.